The molecule has 2 rings (SSSR count). The summed E-state index contributed by atoms with van der Waals surface area (Å²) in [6.45, 7) is 2.71. The number of benzene rings is 1. The largest absolute Gasteiger partial charge is 0.480 e. The second kappa shape index (κ2) is 8.18. The third-order valence-electron chi connectivity index (χ3n) is 4.50. The number of carboxylic acid groups (broad SMARTS) is 1. The second-order valence-electron chi connectivity index (χ2n) is 6.14. The average Bonchev–Trinajstić information content (AvgIpc) is 3.02. The molecule has 0 aromatic heterocycles. The molecule has 0 saturated heterocycles. The normalized spacial score (nSPS) is 17.0. The first-order valence-electron chi connectivity index (χ1n) is 8.25. The van der Waals surface area contributed by atoms with Gasteiger partial charge in [0.1, 0.15) is 6.04 Å². The van der Waals surface area contributed by atoms with Crippen molar-refractivity contribution in [2.75, 3.05) is 0 Å². The molecule has 1 unspecified atom stereocenters. The number of carboxylic acids is 1. The molecule has 116 valence electrons. The monoisotopic (exact) mass is 289 g/mol. The molecule has 1 atom stereocenters. The Morgan fingerprint density at radius 3 is 2.52 bits per heavy atom. The molecule has 3 heteroatoms. The molecule has 0 aliphatic heterocycles. The molecule has 0 radical (unpaired) electrons. The molecule has 1 aliphatic rings. The van der Waals surface area contributed by atoms with Gasteiger partial charge >= 0.3 is 5.97 Å². The summed E-state index contributed by atoms with van der Waals surface area (Å²) < 4.78 is 0. The highest BCUT2D eigenvalue weighted by atomic mass is 16.4. The van der Waals surface area contributed by atoms with Crippen LogP contribution in [-0.4, -0.2) is 17.1 Å². The van der Waals surface area contributed by atoms with E-state index in [1.54, 1.807) is 0 Å². The maximum atomic E-state index is 11.2. The number of unbranched alkanes of at least 4 members (excludes halogenated alkanes) is 1. The molecule has 1 aliphatic carbocycles. The molecule has 0 bridgehead atoms. The van der Waals surface area contributed by atoms with E-state index in [2.05, 4.69) is 36.5 Å². The van der Waals surface area contributed by atoms with Gasteiger partial charge in [-0.05, 0) is 36.3 Å². The van der Waals surface area contributed by atoms with Gasteiger partial charge in [0.15, 0.2) is 0 Å². The van der Waals surface area contributed by atoms with E-state index in [9.17, 15) is 9.90 Å². The van der Waals surface area contributed by atoms with E-state index >= 15 is 0 Å². The number of rotatable bonds is 8. The van der Waals surface area contributed by atoms with Crippen LogP contribution in [0.3, 0.4) is 0 Å². The zero-order chi connectivity index (χ0) is 15.1. The fourth-order valence-corrected chi connectivity index (χ4v) is 3.13. The lowest BCUT2D eigenvalue weighted by Crippen LogP contribution is -2.36. The highest BCUT2D eigenvalue weighted by Crippen LogP contribution is 2.33. The van der Waals surface area contributed by atoms with Crippen LogP contribution in [0.4, 0.5) is 0 Å². The van der Waals surface area contributed by atoms with Gasteiger partial charge in [-0.15, -0.1) is 0 Å². The maximum absolute atomic E-state index is 11.2. The van der Waals surface area contributed by atoms with Crippen molar-refractivity contribution in [2.45, 2.75) is 70.4 Å². The third kappa shape index (κ3) is 4.85. The fraction of sp³-hybridized carbons (Fsp3) is 0.611. The Hall–Kier alpha value is -1.35. The van der Waals surface area contributed by atoms with Crippen LogP contribution < -0.4 is 5.32 Å². The van der Waals surface area contributed by atoms with Gasteiger partial charge in [0.05, 0.1) is 0 Å². The minimum absolute atomic E-state index is 0.431. The Labute approximate surface area is 127 Å². The minimum atomic E-state index is -0.744. The predicted octanol–water partition coefficient (Wildman–Crippen LogP) is 4.08. The van der Waals surface area contributed by atoms with Crippen LogP contribution in [0.2, 0.25) is 0 Å². The van der Waals surface area contributed by atoms with Crippen molar-refractivity contribution in [1.82, 2.24) is 5.32 Å². The Kier molecular flexibility index (Phi) is 6.24. The molecule has 0 heterocycles. The highest BCUT2D eigenvalue weighted by molar-refractivity contribution is 5.73. The lowest BCUT2D eigenvalue weighted by molar-refractivity contribution is -0.139. The SMILES string of the molecule is CCCCC(NCc1ccc(C2CCCC2)cc1)C(=O)O. The van der Waals surface area contributed by atoms with E-state index in [4.69, 9.17) is 0 Å². The van der Waals surface area contributed by atoms with E-state index in [-0.39, 0.29) is 0 Å². The van der Waals surface area contributed by atoms with Crippen molar-refractivity contribution in [1.29, 1.82) is 0 Å². The van der Waals surface area contributed by atoms with E-state index < -0.39 is 12.0 Å². The van der Waals surface area contributed by atoms with E-state index in [0.29, 0.717) is 13.0 Å². The van der Waals surface area contributed by atoms with Crippen molar-refractivity contribution in [3.05, 3.63) is 35.4 Å². The summed E-state index contributed by atoms with van der Waals surface area (Å²) >= 11 is 0. The van der Waals surface area contributed by atoms with Gasteiger partial charge in [-0.2, -0.15) is 0 Å². The Balaban J connectivity index is 1.85. The van der Waals surface area contributed by atoms with Crippen molar-refractivity contribution in [3.63, 3.8) is 0 Å². The summed E-state index contributed by atoms with van der Waals surface area (Å²) in [5.74, 6) is -0.00522. The summed E-state index contributed by atoms with van der Waals surface area (Å²) in [4.78, 5) is 11.2. The topological polar surface area (TPSA) is 49.3 Å². The first-order valence-corrected chi connectivity index (χ1v) is 8.25. The van der Waals surface area contributed by atoms with Crippen LogP contribution in [0.25, 0.3) is 0 Å². The number of hydrogen-bond acceptors (Lipinski definition) is 2. The number of nitrogens with one attached hydrogen (secondary N) is 1. The minimum Gasteiger partial charge on any atom is -0.480 e. The van der Waals surface area contributed by atoms with Crippen LogP contribution in [-0.2, 0) is 11.3 Å². The molecule has 1 fully saturated rings. The fourth-order valence-electron chi connectivity index (χ4n) is 3.13. The smallest absolute Gasteiger partial charge is 0.320 e. The van der Waals surface area contributed by atoms with Crippen molar-refractivity contribution in [2.24, 2.45) is 0 Å². The molecule has 1 aromatic rings. The van der Waals surface area contributed by atoms with Gasteiger partial charge in [0.25, 0.3) is 0 Å². The average molecular weight is 289 g/mol. The Bertz CT molecular complexity index is 435. The molecular formula is C18H27NO2. The van der Waals surface area contributed by atoms with Crippen molar-refractivity contribution in [3.8, 4) is 0 Å². The summed E-state index contributed by atoms with van der Waals surface area (Å²) in [6.07, 6.45) is 8.01. The number of aliphatic carboxylic acids is 1. The highest BCUT2D eigenvalue weighted by Gasteiger charge is 2.17. The van der Waals surface area contributed by atoms with Gasteiger partial charge in [0.2, 0.25) is 0 Å². The lowest BCUT2D eigenvalue weighted by Gasteiger charge is -2.15. The van der Waals surface area contributed by atoms with Gasteiger partial charge in [-0.25, -0.2) is 0 Å². The van der Waals surface area contributed by atoms with Gasteiger partial charge in [0, 0.05) is 6.54 Å². The molecule has 1 saturated carbocycles. The first kappa shape index (κ1) is 16.0. The van der Waals surface area contributed by atoms with Crippen LogP contribution in [0.5, 0.6) is 0 Å². The Morgan fingerprint density at radius 1 is 1.29 bits per heavy atom. The number of carbonyl (C=O) groups is 1. The van der Waals surface area contributed by atoms with Crippen molar-refractivity contribution < 1.29 is 9.90 Å². The van der Waals surface area contributed by atoms with Gasteiger partial charge in [-0.3, -0.25) is 4.79 Å². The summed E-state index contributed by atoms with van der Waals surface area (Å²) in [6, 6.07) is 8.28. The second-order valence-corrected chi connectivity index (χ2v) is 6.14. The van der Waals surface area contributed by atoms with Gasteiger partial charge in [-0.1, -0.05) is 56.9 Å². The van der Waals surface area contributed by atoms with E-state index in [0.717, 1.165) is 18.8 Å². The standard InChI is InChI=1S/C18H27NO2/c1-2-3-8-17(18(20)21)19-13-14-9-11-16(12-10-14)15-6-4-5-7-15/h9-12,15,17,19H,2-8,13H2,1H3,(H,20,21). The molecule has 1 aromatic carbocycles. The first-order chi connectivity index (χ1) is 10.2. The van der Waals surface area contributed by atoms with Crippen LogP contribution in [0.15, 0.2) is 24.3 Å². The summed E-state index contributed by atoms with van der Waals surface area (Å²) in [5, 5.41) is 12.4. The van der Waals surface area contributed by atoms with E-state index in [1.807, 2.05) is 0 Å². The number of hydrogen-bond donors (Lipinski definition) is 2. The lowest BCUT2D eigenvalue weighted by atomic mass is 9.97. The Morgan fingerprint density at radius 2 is 1.95 bits per heavy atom. The molecule has 3 nitrogen and oxygen atoms in total. The zero-order valence-corrected chi connectivity index (χ0v) is 13.0. The maximum Gasteiger partial charge on any atom is 0.320 e. The predicted molar refractivity (Wildman–Crippen MR) is 85.4 cm³/mol. The molecule has 21 heavy (non-hydrogen) atoms. The zero-order valence-electron chi connectivity index (χ0n) is 13.0. The van der Waals surface area contributed by atoms with Gasteiger partial charge < -0.3 is 10.4 Å². The molecule has 0 amide bonds. The molecule has 2 N–H and O–H groups in total. The van der Waals surface area contributed by atoms with E-state index in [1.165, 1.54) is 36.8 Å². The third-order valence-corrected chi connectivity index (χ3v) is 4.50. The molecular weight excluding hydrogens is 262 g/mol. The van der Waals surface area contributed by atoms with Crippen LogP contribution in [0.1, 0.15) is 68.9 Å². The van der Waals surface area contributed by atoms with Crippen LogP contribution >= 0.6 is 0 Å². The summed E-state index contributed by atoms with van der Waals surface area (Å²) in [7, 11) is 0. The van der Waals surface area contributed by atoms with Crippen LogP contribution in [0, 0.1) is 0 Å². The quantitative estimate of drug-likeness (QED) is 0.758. The van der Waals surface area contributed by atoms with Crippen molar-refractivity contribution >= 4 is 5.97 Å². The molecule has 0 spiro atoms. The summed E-state index contributed by atoms with van der Waals surface area (Å²) in [5.41, 5.74) is 2.61.